The molecule has 1 aliphatic heterocycles. The number of aryl methyl sites for hydroxylation is 1. The number of hydrogen-bond acceptors (Lipinski definition) is 6. The molecule has 2 amide bonds. The number of aldehydes is 1. The molecule has 1 saturated heterocycles. The molecule has 1 aromatic rings. The summed E-state index contributed by atoms with van der Waals surface area (Å²) < 4.78 is 16.5. The van der Waals surface area contributed by atoms with Gasteiger partial charge in [-0.3, -0.25) is 4.79 Å². The fourth-order valence-electron chi connectivity index (χ4n) is 4.17. The van der Waals surface area contributed by atoms with Gasteiger partial charge in [-0.05, 0) is 58.7 Å². The van der Waals surface area contributed by atoms with E-state index in [-0.39, 0.29) is 23.8 Å². The summed E-state index contributed by atoms with van der Waals surface area (Å²) in [6, 6.07) is 5.49. The Balaban J connectivity index is 2.17. The minimum atomic E-state index is -0.611. The summed E-state index contributed by atoms with van der Waals surface area (Å²) in [4.78, 5) is 41.3. The number of hydrogen-bond donors (Lipinski definition) is 0. The molecule has 2 rings (SSSR count). The molecular formula is C27H42N2O6. The SMILES string of the molecule is CCc1ccc(C(=O)N(C[C@@H]2CN(C(=O)OC(C)(C)C)C[C@H]2C=O)C(C)C)cc1OCCCOC. The lowest BCUT2D eigenvalue weighted by Gasteiger charge is -2.31. The van der Waals surface area contributed by atoms with Crippen LogP contribution in [-0.2, 0) is 20.7 Å². The third-order valence-electron chi connectivity index (χ3n) is 6.08. The zero-order valence-electron chi connectivity index (χ0n) is 22.3. The summed E-state index contributed by atoms with van der Waals surface area (Å²) in [5.74, 6) is 0.0791. The highest BCUT2D eigenvalue weighted by molar-refractivity contribution is 5.95. The molecule has 0 N–H and O–H groups in total. The Morgan fingerprint density at radius 3 is 2.49 bits per heavy atom. The lowest BCUT2D eigenvalue weighted by Crippen LogP contribution is -2.42. The lowest BCUT2D eigenvalue weighted by molar-refractivity contribution is -0.111. The standard InChI is InChI=1S/C27H42N2O6/c1-8-20-10-11-21(14-24(20)34-13-9-12-33-7)25(31)29(19(2)3)17-22-15-28(16-23(22)18-30)26(32)35-27(4,5)6/h10-11,14,18-19,22-23H,8-9,12-13,15-17H2,1-7H3/t22-,23-/m0/s1. The van der Waals surface area contributed by atoms with E-state index in [0.717, 1.165) is 24.7 Å². The normalized spacial score (nSPS) is 18.0. The maximum absolute atomic E-state index is 13.6. The smallest absolute Gasteiger partial charge is 0.410 e. The summed E-state index contributed by atoms with van der Waals surface area (Å²) in [6.07, 6.45) is 2.02. The number of ether oxygens (including phenoxy) is 3. The molecule has 1 heterocycles. The van der Waals surface area contributed by atoms with E-state index >= 15 is 0 Å². The van der Waals surface area contributed by atoms with Crippen LogP contribution in [0.1, 0.15) is 63.9 Å². The molecule has 1 fully saturated rings. The average molecular weight is 491 g/mol. The number of carbonyl (C=O) groups is 3. The van der Waals surface area contributed by atoms with Crippen LogP contribution in [-0.4, -0.2) is 79.7 Å². The van der Waals surface area contributed by atoms with Crippen LogP contribution in [0.15, 0.2) is 18.2 Å². The van der Waals surface area contributed by atoms with Crippen molar-refractivity contribution in [2.24, 2.45) is 11.8 Å². The molecule has 1 aromatic carbocycles. The van der Waals surface area contributed by atoms with Gasteiger partial charge in [0.25, 0.3) is 5.91 Å². The van der Waals surface area contributed by atoms with Crippen LogP contribution in [0.5, 0.6) is 5.75 Å². The van der Waals surface area contributed by atoms with Crippen LogP contribution in [0.2, 0.25) is 0 Å². The quantitative estimate of drug-likeness (QED) is 0.341. The van der Waals surface area contributed by atoms with Gasteiger partial charge in [-0.2, -0.15) is 0 Å². The van der Waals surface area contributed by atoms with Crippen molar-refractivity contribution in [3.8, 4) is 5.75 Å². The highest BCUT2D eigenvalue weighted by Gasteiger charge is 2.39. The van der Waals surface area contributed by atoms with E-state index in [1.54, 1.807) is 16.9 Å². The molecule has 8 nitrogen and oxygen atoms in total. The third-order valence-corrected chi connectivity index (χ3v) is 6.08. The number of carbonyl (C=O) groups excluding carboxylic acids is 3. The molecule has 2 atom stereocenters. The van der Waals surface area contributed by atoms with E-state index in [9.17, 15) is 14.4 Å². The Kier molecular flexibility index (Phi) is 10.6. The van der Waals surface area contributed by atoms with Gasteiger partial charge in [-0.25, -0.2) is 4.79 Å². The molecule has 35 heavy (non-hydrogen) atoms. The number of rotatable bonds is 11. The predicted molar refractivity (Wildman–Crippen MR) is 135 cm³/mol. The molecule has 0 saturated carbocycles. The number of methoxy groups -OCH3 is 1. The van der Waals surface area contributed by atoms with Gasteiger partial charge in [0, 0.05) is 63.2 Å². The molecule has 0 unspecified atom stereocenters. The van der Waals surface area contributed by atoms with Gasteiger partial charge in [0.2, 0.25) is 0 Å². The van der Waals surface area contributed by atoms with Crippen molar-refractivity contribution < 1.29 is 28.6 Å². The van der Waals surface area contributed by atoms with E-state index in [4.69, 9.17) is 14.2 Å². The van der Waals surface area contributed by atoms with Crippen LogP contribution in [0.3, 0.4) is 0 Å². The van der Waals surface area contributed by atoms with E-state index in [2.05, 4.69) is 6.92 Å². The second-order valence-electron chi connectivity index (χ2n) is 10.4. The number of amides is 2. The summed E-state index contributed by atoms with van der Waals surface area (Å²) in [7, 11) is 1.66. The van der Waals surface area contributed by atoms with Gasteiger partial charge in [-0.1, -0.05) is 13.0 Å². The molecule has 0 radical (unpaired) electrons. The topological polar surface area (TPSA) is 85.4 Å². The second-order valence-corrected chi connectivity index (χ2v) is 10.4. The zero-order valence-corrected chi connectivity index (χ0v) is 22.3. The van der Waals surface area contributed by atoms with Crippen LogP contribution in [0, 0.1) is 11.8 Å². The highest BCUT2D eigenvalue weighted by atomic mass is 16.6. The zero-order chi connectivity index (χ0) is 26.2. The van der Waals surface area contributed by atoms with E-state index in [0.29, 0.717) is 44.2 Å². The summed E-state index contributed by atoms with van der Waals surface area (Å²) in [6.45, 7) is 13.6. The fraction of sp³-hybridized carbons (Fsp3) is 0.667. The van der Waals surface area contributed by atoms with E-state index in [1.165, 1.54) is 0 Å². The Hall–Kier alpha value is -2.61. The maximum Gasteiger partial charge on any atom is 0.410 e. The van der Waals surface area contributed by atoms with Gasteiger partial charge in [0.15, 0.2) is 0 Å². The predicted octanol–water partition coefficient (Wildman–Crippen LogP) is 4.20. The molecule has 0 bridgehead atoms. The minimum absolute atomic E-state index is 0.0812. The number of nitrogens with zero attached hydrogens (tertiary/aromatic N) is 2. The first-order valence-electron chi connectivity index (χ1n) is 12.5. The van der Waals surface area contributed by atoms with Crippen molar-refractivity contribution >= 4 is 18.3 Å². The van der Waals surface area contributed by atoms with Gasteiger partial charge in [0.05, 0.1) is 6.61 Å². The number of likely N-dealkylation sites (tertiary alicyclic amines) is 1. The first kappa shape index (κ1) is 28.6. The van der Waals surface area contributed by atoms with Crippen LogP contribution in [0.25, 0.3) is 0 Å². The molecule has 0 spiro atoms. The van der Waals surface area contributed by atoms with Crippen molar-refractivity contribution in [1.82, 2.24) is 9.80 Å². The molecular weight excluding hydrogens is 448 g/mol. The average Bonchev–Trinajstić information content (AvgIpc) is 3.21. The van der Waals surface area contributed by atoms with Gasteiger partial charge in [-0.15, -0.1) is 0 Å². The molecule has 1 aliphatic rings. The van der Waals surface area contributed by atoms with Crippen molar-refractivity contribution in [1.29, 1.82) is 0 Å². The Morgan fingerprint density at radius 2 is 1.91 bits per heavy atom. The minimum Gasteiger partial charge on any atom is -0.493 e. The fourth-order valence-corrected chi connectivity index (χ4v) is 4.17. The van der Waals surface area contributed by atoms with Crippen LogP contribution in [0.4, 0.5) is 4.79 Å². The largest absolute Gasteiger partial charge is 0.493 e. The Morgan fingerprint density at radius 1 is 1.20 bits per heavy atom. The summed E-state index contributed by atoms with van der Waals surface area (Å²) >= 11 is 0. The summed E-state index contributed by atoms with van der Waals surface area (Å²) in [5, 5.41) is 0. The first-order valence-corrected chi connectivity index (χ1v) is 12.5. The third kappa shape index (κ3) is 8.23. The maximum atomic E-state index is 13.6. The lowest BCUT2D eigenvalue weighted by atomic mass is 9.96. The Labute approximate surface area is 209 Å². The van der Waals surface area contributed by atoms with E-state index < -0.39 is 11.7 Å². The summed E-state index contributed by atoms with van der Waals surface area (Å²) in [5.41, 5.74) is 0.974. The van der Waals surface area contributed by atoms with E-state index in [1.807, 2.05) is 52.8 Å². The van der Waals surface area contributed by atoms with Crippen LogP contribution < -0.4 is 4.74 Å². The van der Waals surface area contributed by atoms with Crippen molar-refractivity contribution in [2.45, 2.75) is 66.0 Å². The van der Waals surface area contributed by atoms with Crippen molar-refractivity contribution in [3.05, 3.63) is 29.3 Å². The van der Waals surface area contributed by atoms with Gasteiger partial charge < -0.3 is 28.8 Å². The van der Waals surface area contributed by atoms with Gasteiger partial charge in [0.1, 0.15) is 17.6 Å². The molecule has 0 aliphatic carbocycles. The molecule has 196 valence electrons. The van der Waals surface area contributed by atoms with Crippen LogP contribution >= 0.6 is 0 Å². The first-order chi connectivity index (χ1) is 16.5. The van der Waals surface area contributed by atoms with Crippen molar-refractivity contribution in [3.63, 3.8) is 0 Å². The van der Waals surface area contributed by atoms with Crippen molar-refractivity contribution in [2.75, 3.05) is 40.0 Å². The Bertz CT molecular complexity index is 864. The van der Waals surface area contributed by atoms with Gasteiger partial charge >= 0.3 is 6.09 Å². The molecule has 0 aromatic heterocycles. The molecule has 8 heteroatoms. The monoisotopic (exact) mass is 490 g/mol. The second kappa shape index (κ2) is 12.9. The highest BCUT2D eigenvalue weighted by Crippen LogP contribution is 2.27. The number of benzene rings is 1.